The van der Waals surface area contributed by atoms with E-state index in [-0.39, 0.29) is 0 Å². The Hall–Kier alpha value is -3.43. The summed E-state index contributed by atoms with van der Waals surface area (Å²) in [6.07, 6.45) is 6.31. The van der Waals surface area contributed by atoms with Crippen LogP contribution in [-0.4, -0.2) is 48.6 Å². The number of nitrogens with zero attached hydrogens (tertiary/aromatic N) is 6. The molecule has 0 amide bonds. The zero-order chi connectivity index (χ0) is 29.1. The Bertz CT molecular complexity index is 1310. The molecule has 2 aromatic carbocycles. The molecule has 4 aromatic rings. The molecule has 220 valence electrons. The van der Waals surface area contributed by atoms with Crippen LogP contribution in [0.1, 0.15) is 90.4 Å². The average molecular weight is 560 g/mol. The molecule has 0 bridgehead atoms. The highest BCUT2D eigenvalue weighted by Crippen LogP contribution is 2.33. The highest BCUT2D eigenvalue weighted by Gasteiger charge is 2.39. The number of ether oxygens (including phenoxy) is 2. The molecule has 2 aromatic heterocycles. The zero-order valence-corrected chi connectivity index (χ0v) is 25.3. The van der Waals surface area contributed by atoms with Crippen molar-refractivity contribution in [2.24, 2.45) is 5.92 Å². The fourth-order valence-corrected chi connectivity index (χ4v) is 5.08. The second-order valence-electron chi connectivity index (χ2n) is 10.6. The van der Waals surface area contributed by atoms with E-state index in [9.17, 15) is 0 Å². The molecule has 0 unspecified atom stereocenters. The number of nitrogens with one attached hydrogen (secondary N) is 1. The van der Waals surface area contributed by atoms with Crippen LogP contribution in [0.5, 0.6) is 0 Å². The van der Waals surface area contributed by atoms with Gasteiger partial charge in [0, 0.05) is 24.9 Å². The summed E-state index contributed by atoms with van der Waals surface area (Å²) in [5.74, 6) is 1.77. The van der Waals surface area contributed by atoms with Crippen molar-refractivity contribution >= 4 is 0 Å². The molecule has 0 fully saturated rings. The normalized spacial score (nSPS) is 12.0. The summed E-state index contributed by atoms with van der Waals surface area (Å²) in [5, 5.41) is 19.7. The van der Waals surface area contributed by atoms with E-state index >= 15 is 0 Å². The molecule has 41 heavy (non-hydrogen) atoms. The zero-order valence-electron chi connectivity index (χ0n) is 25.3. The van der Waals surface area contributed by atoms with Crippen molar-refractivity contribution in [2.45, 2.75) is 91.9 Å². The third-order valence-corrected chi connectivity index (χ3v) is 7.47. The molecule has 0 radical (unpaired) electrons. The van der Waals surface area contributed by atoms with Crippen molar-refractivity contribution in [3.05, 3.63) is 65.7 Å². The molecular weight excluding hydrogens is 514 g/mol. The maximum Gasteiger partial charge on any atom is 0.232 e. The van der Waals surface area contributed by atoms with Gasteiger partial charge >= 0.3 is 0 Å². The fraction of sp³-hybridized carbons (Fsp3) is 0.531. The Labute approximate surface area is 244 Å². The minimum absolute atomic E-state index is 0.529. The van der Waals surface area contributed by atoms with Crippen LogP contribution in [-0.2, 0) is 28.2 Å². The first-order chi connectivity index (χ1) is 20.1. The molecule has 2 heterocycles. The van der Waals surface area contributed by atoms with E-state index in [2.05, 4.69) is 90.3 Å². The average Bonchev–Trinajstić information content (AvgIpc) is 3.69. The van der Waals surface area contributed by atoms with Crippen LogP contribution >= 0.6 is 0 Å². The van der Waals surface area contributed by atoms with Gasteiger partial charge in [-0.1, -0.05) is 102 Å². The molecule has 9 heteroatoms. The van der Waals surface area contributed by atoms with Crippen LogP contribution in [0, 0.1) is 5.92 Å². The summed E-state index contributed by atoms with van der Waals surface area (Å²) in [6, 6.07) is 16.7. The number of aromatic amines is 1. The molecule has 0 aliphatic rings. The quantitative estimate of drug-likeness (QED) is 0.139. The largest absolute Gasteiger partial charge is 0.343 e. The Morgan fingerprint density at radius 1 is 0.854 bits per heavy atom. The van der Waals surface area contributed by atoms with Crippen LogP contribution < -0.4 is 0 Å². The molecule has 9 nitrogen and oxygen atoms in total. The summed E-state index contributed by atoms with van der Waals surface area (Å²) < 4.78 is 14.9. The van der Waals surface area contributed by atoms with Gasteiger partial charge in [-0.25, -0.2) is 9.67 Å². The van der Waals surface area contributed by atoms with E-state index in [1.807, 2.05) is 18.2 Å². The summed E-state index contributed by atoms with van der Waals surface area (Å²) in [6.45, 7) is 12.9. The van der Waals surface area contributed by atoms with Gasteiger partial charge in [0.25, 0.3) is 0 Å². The minimum atomic E-state index is -0.919. The first kappa shape index (κ1) is 30.5. The van der Waals surface area contributed by atoms with E-state index in [1.165, 1.54) is 5.56 Å². The lowest BCUT2D eigenvalue weighted by atomic mass is 9.97. The van der Waals surface area contributed by atoms with Crippen molar-refractivity contribution in [1.82, 2.24) is 35.4 Å². The van der Waals surface area contributed by atoms with Crippen LogP contribution in [0.15, 0.2) is 48.5 Å². The molecule has 4 rings (SSSR count). The Morgan fingerprint density at radius 2 is 1.54 bits per heavy atom. The number of hydrogen-bond donors (Lipinski definition) is 1. The lowest BCUT2D eigenvalue weighted by Gasteiger charge is -2.31. The van der Waals surface area contributed by atoms with Gasteiger partial charge in [0.2, 0.25) is 17.4 Å². The minimum Gasteiger partial charge on any atom is -0.343 e. The van der Waals surface area contributed by atoms with Gasteiger partial charge in [-0.15, -0.1) is 10.2 Å². The second-order valence-corrected chi connectivity index (χ2v) is 10.6. The first-order valence-corrected chi connectivity index (χ1v) is 15.2. The molecule has 0 spiro atoms. The molecular formula is C32H45N7O2. The summed E-state index contributed by atoms with van der Waals surface area (Å²) in [5.41, 5.74) is 4.26. The summed E-state index contributed by atoms with van der Waals surface area (Å²) in [4.78, 5) is 5.13. The summed E-state index contributed by atoms with van der Waals surface area (Å²) in [7, 11) is 0. The van der Waals surface area contributed by atoms with Crippen LogP contribution in [0.25, 0.3) is 22.5 Å². The summed E-state index contributed by atoms with van der Waals surface area (Å²) >= 11 is 0. The SMILES string of the molecule is CCCOC(CCC)(OCCC)c1nc(Cc2ccc(-c3ccccc3-c3nn[nH]n3)cc2)n(CC(CC)CC)n1. The van der Waals surface area contributed by atoms with Crippen LogP contribution in [0.4, 0.5) is 0 Å². The smallest absolute Gasteiger partial charge is 0.232 e. The van der Waals surface area contributed by atoms with Gasteiger partial charge in [-0.05, 0) is 40.7 Å². The van der Waals surface area contributed by atoms with Gasteiger partial charge in [-0.2, -0.15) is 10.3 Å². The van der Waals surface area contributed by atoms with E-state index in [0.717, 1.165) is 67.6 Å². The highest BCUT2D eigenvalue weighted by molar-refractivity contribution is 5.80. The van der Waals surface area contributed by atoms with E-state index < -0.39 is 5.79 Å². The molecule has 0 saturated carbocycles. The molecule has 0 aliphatic carbocycles. The third-order valence-electron chi connectivity index (χ3n) is 7.47. The van der Waals surface area contributed by atoms with Crippen LogP contribution in [0.2, 0.25) is 0 Å². The van der Waals surface area contributed by atoms with Crippen molar-refractivity contribution < 1.29 is 9.47 Å². The topological polar surface area (TPSA) is 104 Å². The van der Waals surface area contributed by atoms with Gasteiger partial charge < -0.3 is 9.47 Å². The van der Waals surface area contributed by atoms with E-state index in [4.69, 9.17) is 19.6 Å². The van der Waals surface area contributed by atoms with Crippen molar-refractivity contribution in [3.63, 3.8) is 0 Å². The Morgan fingerprint density at radius 3 is 2.12 bits per heavy atom. The van der Waals surface area contributed by atoms with Crippen molar-refractivity contribution in [3.8, 4) is 22.5 Å². The van der Waals surface area contributed by atoms with Gasteiger partial charge in [0.15, 0.2) is 0 Å². The molecule has 1 N–H and O–H groups in total. The lowest BCUT2D eigenvalue weighted by Crippen LogP contribution is -2.35. The Kier molecular flexibility index (Phi) is 11.2. The monoisotopic (exact) mass is 559 g/mol. The number of aromatic nitrogens is 7. The fourth-order valence-electron chi connectivity index (χ4n) is 5.08. The van der Waals surface area contributed by atoms with Crippen molar-refractivity contribution in [2.75, 3.05) is 13.2 Å². The van der Waals surface area contributed by atoms with Gasteiger partial charge in [0.05, 0.1) is 13.2 Å². The Balaban J connectivity index is 1.67. The number of hydrogen-bond acceptors (Lipinski definition) is 7. The maximum absolute atomic E-state index is 6.41. The highest BCUT2D eigenvalue weighted by atomic mass is 16.7. The third kappa shape index (κ3) is 7.45. The number of benzene rings is 2. The number of tetrazole rings is 1. The number of H-pyrrole nitrogens is 1. The van der Waals surface area contributed by atoms with E-state index in [1.54, 1.807) is 0 Å². The lowest BCUT2D eigenvalue weighted by molar-refractivity contribution is -0.256. The second kappa shape index (κ2) is 15.0. The first-order valence-electron chi connectivity index (χ1n) is 15.2. The van der Waals surface area contributed by atoms with Gasteiger partial charge in [-0.3, -0.25) is 0 Å². The molecule has 0 atom stereocenters. The van der Waals surface area contributed by atoms with Crippen molar-refractivity contribution in [1.29, 1.82) is 0 Å². The molecule has 0 saturated heterocycles. The predicted octanol–water partition coefficient (Wildman–Crippen LogP) is 6.96. The molecule has 0 aliphatic heterocycles. The van der Waals surface area contributed by atoms with Gasteiger partial charge in [0.1, 0.15) is 5.82 Å². The van der Waals surface area contributed by atoms with Crippen LogP contribution in [0.3, 0.4) is 0 Å². The standard InChI is InChI=1S/C32H45N7O2/c1-6-19-32(40-20-7-2,41-21-8-3)31-33-29(39(36-31)23-24(9-4)10-5)22-25-15-17-26(18-16-25)27-13-11-12-14-28(27)30-34-37-38-35-30/h11-18,24H,6-10,19-23H2,1-5H3,(H,34,35,37,38). The number of rotatable bonds is 17. The maximum atomic E-state index is 6.41. The predicted molar refractivity (Wildman–Crippen MR) is 161 cm³/mol. The van der Waals surface area contributed by atoms with E-state index in [0.29, 0.717) is 37.2 Å².